The molecule has 12 rings (SSSR count). The van der Waals surface area contributed by atoms with Crippen molar-refractivity contribution in [2.24, 2.45) is 17.2 Å². The molecule has 0 spiro atoms. The molecule has 22 nitrogen and oxygen atoms in total. The highest BCUT2D eigenvalue weighted by atomic mass is 35.5. The number of rotatable bonds is 17. The van der Waals surface area contributed by atoms with Crippen molar-refractivity contribution in [3.8, 4) is 0 Å². The van der Waals surface area contributed by atoms with Gasteiger partial charge >= 0.3 is 35.7 Å². The number of halogens is 14. The zero-order valence-electron chi connectivity index (χ0n) is 64.3. The number of hydrogen-bond acceptors (Lipinski definition) is 15. The summed E-state index contributed by atoms with van der Waals surface area (Å²) in [6, 6.07) is 56.9. The highest BCUT2D eigenvalue weighted by Gasteiger charge is 2.40. The fraction of sp³-hybridized carbons (Fsp3) is 0.159. The van der Waals surface area contributed by atoms with Crippen LogP contribution in [0.4, 0.5) is 46.5 Å². The number of nitrogens with zero attached hydrogens (tertiary/aromatic N) is 5. The average Bonchev–Trinajstić information content (AvgIpc) is 0.804. The molecule has 3 aliphatic heterocycles. The summed E-state index contributed by atoms with van der Waals surface area (Å²) in [5, 5.41) is 39.2. The van der Waals surface area contributed by atoms with Gasteiger partial charge in [-0.15, -0.1) is 0 Å². The molecule has 124 heavy (non-hydrogen) atoms. The average molecular weight is 1830 g/mol. The molecule has 36 heteroatoms. The summed E-state index contributed by atoms with van der Waals surface area (Å²) in [5.74, 6) is -9.39. The first-order chi connectivity index (χ1) is 58.5. The van der Waals surface area contributed by atoms with Crippen molar-refractivity contribution >= 4 is 164 Å². The van der Waals surface area contributed by atoms with Gasteiger partial charge < -0.3 is 42.1 Å². The molecule has 0 radical (unpaired) electrons. The van der Waals surface area contributed by atoms with Crippen molar-refractivity contribution in [3.63, 3.8) is 0 Å². The first kappa shape index (κ1) is 97.1. The van der Waals surface area contributed by atoms with E-state index in [1.807, 2.05) is 115 Å². The minimum Gasteiger partial charge on any atom is -0.475 e. The smallest absolute Gasteiger partial charge is 0.475 e. The predicted octanol–water partition coefficient (Wildman–Crippen LogP) is 17.7. The fourth-order valence-corrected chi connectivity index (χ4v) is 13.2. The lowest BCUT2D eigenvalue weighted by Gasteiger charge is -2.32. The topological polar surface area (TPSA) is 351 Å². The molecule has 9 aromatic rings. The van der Waals surface area contributed by atoms with E-state index in [9.17, 15) is 84.1 Å². The van der Waals surface area contributed by atoms with Gasteiger partial charge in [0.2, 0.25) is 29.4 Å². The molecule has 644 valence electrons. The van der Waals surface area contributed by atoms with Gasteiger partial charge in [0.1, 0.15) is 0 Å². The van der Waals surface area contributed by atoms with Gasteiger partial charge in [-0.2, -0.15) is 35.1 Å². The highest BCUT2D eigenvalue weighted by molar-refractivity contribution is 6.42. The molecule has 3 aliphatic rings. The van der Waals surface area contributed by atoms with E-state index in [1.54, 1.807) is 94.8 Å². The Bertz CT molecular complexity index is 5600. The van der Waals surface area contributed by atoms with Crippen LogP contribution in [0, 0.1) is 31.9 Å². The molecule has 3 saturated heterocycles. The van der Waals surface area contributed by atoms with Crippen LogP contribution in [-0.2, 0) is 57.6 Å². The van der Waals surface area contributed by atoms with Crippen LogP contribution in [-0.4, -0.2) is 152 Å². The summed E-state index contributed by atoms with van der Waals surface area (Å²) in [7, 11) is 0. The van der Waals surface area contributed by atoms with Crippen LogP contribution in [0.3, 0.4) is 0 Å². The van der Waals surface area contributed by atoms with Crippen molar-refractivity contribution in [3.05, 3.63) is 358 Å². The second-order valence-electron chi connectivity index (χ2n) is 27.4. The molecule has 0 saturated carbocycles. The van der Waals surface area contributed by atoms with Crippen molar-refractivity contribution in [1.82, 2.24) is 14.7 Å². The van der Waals surface area contributed by atoms with Crippen molar-refractivity contribution in [2.45, 2.75) is 49.7 Å². The van der Waals surface area contributed by atoms with E-state index >= 15 is 0 Å². The first-order valence-corrected chi connectivity index (χ1v) is 38.8. The third kappa shape index (κ3) is 28.6. The van der Waals surface area contributed by atoms with Gasteiger partial charge in [-0.05, 0) is 160 Å². The molecule has 0 aliphatic carbocycles. The van der Waals surface area contributed by atoms with Crippen molar-refractivity contribution in [1.29, 1.82) is 0 Å². The van der Waals surface area contributed by atoms with Crippen LogP contribution < -0.4 is 17.2 Å². The number of hydrogen-bond donors (Lipinski definition) is 5. The van der Waals surface area contributed by atoms with Gasteiger partial charge in [0.25, 0.3) is 0 Å². The summed E-state index contributed by atoms with van der Waals surface area (Å²) >= 11 is 36.9. The number of aliphatic carboxylic acids is 2. The van der Waals surface area contributed by atoms with E-state index in [4.69, 9.17) is 107 Å². The summed E-state index contributed by atoms with van der Waals surface area (Å²) in [4.78, 5) is 123. The number of alkyl halides is 6. The molecule has 3 atom stereocenters. The highest BCUT2D eigenvalue weighted by Crippen LogP contribution is 2.33. The quantitative estimate of drug-likeness (QED) is 0.0245. The molecule has 3 amide bonds. The number of amides is 3. The minimum atomic E-state index is -5.08. The number of carboxylic acids is 2. The van der Waals surface area contributed by atoms with Crippen LogP contribution in [0.1, 0.15) is 50.1 Å². The van der Waals surface area contributed by atoms with E-state index in [-0.39, 0.29) is 91.3 Å². The SMILES string of the molecule is N[C@@H](Cc1ccccc1)C(=O)N1C/C(=C\c2ccc(Cl)c(Cl)c2)C(=O)/C(=C/c2cc(Cl)ccc2Cl)C1.N[C@@H](Cc1ccccc1)C(=O)N1C/C(=C\c2ccc(F)c([N+](=O)[O-])c2)C(=O)/C(=C/c2ccc(F)c([N+](=O)[O-])c2)C1.N[C@@H](Cc1ccccc1)C(=O)N1C/C(=C\c2ccccc2)C(=O)/C(=C/c2ccc(Cl)c(Cl)c2)C1.O=C(O)C(F)(F)F.O=C(O)C(F)(F)F. The molecule has 0 bridgehead atoms. The van der Waals surface area contributed by atoms with Gasteiger partial charge in [0, 0.05) is 94.9 Å². The number of Topliss-reactive ketones (excluding diaryl/α,β-unsaturated/α-hetero) is 3. The normalized spacial score (nSPS) is 16.2. The van der Waals surface area contributed by atoms with Crippen LogP contribution in [0.5, 0.6) is 0 Å². The summed E-state index contributed by atoms with van der Waals surface area (Å²) < 4.78 is 91.2. The number of ketones is 3. The number of likely N-dealkylation sites (tertiary alicyclic amines) is 3. The monoisotopic (exact) mass is 1820 g/mol. The van der Waals surface area contributed by atoms with Gasteiger partial charge in [-0.1, -0.05) is 215 Å². The van der Waals surface area contributed by atoms with Crippen LogP contribution in [0.15, 0.2) is 246 Å². The fourth-order valence-electron chi connectivity index (χ4n) is 12.2. The van der Waals surface area contributed by atoms with Gasteiger partial charge in [-0.3, -0.25) is 49.0 Å². The molecular weight excluding hydrogens is 1760 g/mol. The second kappa shape index (κ2) is 44.6. The van der Waals surface area contributed by atoms with Gasteiger partial charge in [0.15, 0.2) is 17.3 Å². The third-order valence-electron chi connectivity index (χ3n) is 18.2. The maximum Gasteiger partial charge on any atom is 0.490 e. The number of piperidine rings is 3. The lowest BCUT2D eigenvalue weighted by atomic mass is 9.93. The van der Waals surface area contributed by atoms with Crippen LogP contribution in [0.25, 0.3) is 36.5 Å². The zero-order valence-corrected chi connectivity index (χ0v) is 68.9. The second-order valence-corrected chi connectivity index (χ2v) is 29.9. The van der Waals surface area contributed by atoms with E-state index in [0.29, 0.717) is 76.4 Å². The molecule has 0 unspecified atom stereocenters. The zero-order chi connectivity index (χ0) is 91.0. The maximum atomic E-state index is 13.9. The Morgan fingerprint density at radius 1 is 0.371 bits per heavy atom. The molecule has 8 N–H and O–H groups in total. The number of nitrogens with two attached hydrogens (primary N) is 3. The number of carboxylic acid groups (broad SMARTS) is 2. The van der Waals surface area contributed by atoms with E-state index < -0.39 is 87.0 Å². The van der Waals surface area contributed by atoms with Gasteiger partial charge in [-0.25, -0.2) is 9.59 Å². The number of carbonyl (C=O) groups excluding carboxylic acids is 6. The van der Waals surface area contributed by atoms with E-state index in [0.717, 1.165) is 52.1 Å². The number of benzene rings is 9. The number of nitro benzene ring substituents is 2. The van der Waals surface area contributed by atoms with E-state index in [2.05, 4.69) is 0 Å². The molecule has 3 fully saturated rings. The summed E-state index contributed by atoms with van der Waals surface area (Å²) in [5.41, 5.74) is 25.2. The first-order valence-electron chi connectivity index (χ1n) is 36.5. The Balaban J connectivity index is 0.000000214. The lowest BCUT2D eigenvalue weighted by molar-refractivity contribution is -0.387. The van der Waals surface area contributed by atoms with Gasteiger partial charge in [0.05, 0.1) is 48.1 Å². The minimum absolute atomic E-state index is 0.0512. The van der Waals surface area contributed by atoms with Crippen LogP contribution in [0.2, 0.25) is 30.1 Å². The number of carbonyl (C=O) groups is 8. The molecule has 9 aromatic carbocycles. The van der Waals surface area contributed by atoms with Crippen LogP contribution >= 0.6 is 69.6 Å². The Labute approximate surface area is 732 Å². The maximum absolute atomic E-state index is 13.9. The Hall–Kier alpha value is -12.4. The third-order valence-corrected chi connectivity index (χ3v) is 20.3. The Morgan fingerprint density at radius 2 is 0.629 bits per heavy atom. The molecular formula is C88H70Cl6F8N8O14. The predicted molar refractivity (Wildman–Crippen MR) is 456 cm³/mol. The van der Waals surface area contributed by atoms with E-state index in [1.165, 1.54) is 29.2 Å². The largest absolute Gasteiger partial charge is 0.490 e. The lowest BCUT2D eigenvalue weighted by Crippen LogP contribution is -2.49. The Morgan fingerprint density at radius 3 is 0.911 bits per heavy atom. The molecule has 0 aromatic heterocycles. The standard InChI is InChI=1S/C28H22Cl4N2O2.C28H24Cl2N2O2.C28H22F2N4O6.2C2HF3O2/c29-22-7-9-23(30)19(14-22)13-21-16-34(28(36)26(33)12-17-4-2-1-3-5-17)15-20(27(21)35)10-18-6-8-24(31)25(32)11-18;29-24-12-11-21(15-25(24)30)14-23-18-32(28(34)26(31)16-20-9-5-2-6-10-20)17-22(27(23)33)13-19-7-3-1-4-8-19;29-22-8-6-18(13-25(22)33(37)38)10-20-15-32(28(36)24(31)12-17-4-2-1-3-5-17)16-21(27(20)35)11-19-7-9-23(30)26(14-19)34(39)40;2*3-2(4,5)1(6)7/h1-11,13-14,26H,12,15-16,33H2;1-15,26H,16-18,31H2;1-11,13-14,24H,12,15-16,31H2;2*(H,6,7)/b20-10+,21-13+;22-13+,23-14+;20-10+,21-11+;;/t2*26-;24-;;/m000../s1. The number of nitro groups is 2. The molecule has 3 heterocycles. The summed E-state index contributed by atoms with van der Waals surface area (Å²) in [6.45, 7) is 0.210. The summed E-state index contributed by atoms with van der Waals surface area (Å²) in [6.07, 6.45) is 0.426. The Kier molecular flexibility index (Phi) is 34.9. The van der Waals surface area contributed by atoms with Crippen molar-refractivity contribution in [2.75, 3.05) is 39.3 Å². The van der Waals surface area contributed by atoms with Crippen molar-refractivity contribution < 1.29 is 93.5 Å².